The molecule has 2 amide bonds. The summed E-state index contributed by atoms with van der Waals surface area (Å²) in [5.41, 5.74) is 1.26. The Kier molecular flexibility index (Phi) is 6.26. The molecule has 0 aliphatic carbocycles. The molecule has 3 rings (SSSR count). The lowest BCUT2D eigenvalue weighted by atomic mass is 10.2. The van der Waals surface area contributed by atoms with E-state index in [2.05, 4.69) is 0 Å². The standard InChI is InChI=1S/C21H22N2O5/c1-2-22(16-8-4-3-5-9-16)20(25)15-28-21(26)14-23-17-10-6-7-11-18(17)27-13-12-19(23)24/h3-11H,2,12-15H2,1H3. The van der Waals surface area contributed by atoms with Gasteiger partial charge in [0.15, 0.2) is 6.61 Å². The van der Waals surface area contributed by atoms with Crippen molar-refractivity contribution in [2.75, 3.05) is 36.1 Å². The molecular formula is C21H22N2O5. The number of hydrogen-bond acceptors (Lipinski definition) is 5. The molecule has 1 aliphatic rings. The van der Waals surface area contributed by atoms with E-state index in [1.165, 1.54) is 9.80 Å². The molecule has 146 valence electrons. The predicted molar refractivity (Wildman–Crippen MR) is 104 cm³/mol. The highest BCUT2D eigenvalue weighted by atomic mass is 16.5. The van der Waals surface area contributed by atoms with Gasteiger partial charge in [-0.15, -0.1) is 0 Å². The number of hydrogen-bond donors (Lipinski definition) is 0. The molecule has 1 heterocycles. The number of carbonyl (C=O) groups is 3. The number of ether oxygens (including phenoxy) is 2. The molecule has 0 atom stereocenters. The molecular weight excluding hydrogens is 360 g/mol. The molecule has 0 radical (unpaired) electrons. The Morgan fingerprint density at radius 1 is 1.11 bits per heavy atom. The summed E-state index contributed by atoms with van der Waals surface area (Å²) in [6.07, 6.45) is 0.165. The van der Waals surface area contributed by atoms with Gasteiger partial charge >= 0.3 is 5.97 Å². The Hall–Kier alpha value is -3.35. The lowest BCUT2D eigenvalue weighted by Crippen LogP contribution is -2.38. The van der Waals surface area contributed by atoms with Crippen molar-refractivity contribution < 1.29 is 23.9 Å². The van der Waals surface area contributed by atoms with Crippen LogP contribution in [0.1, 0.15) is 13.3 Å². The summed E-state index contributed by atoms with van der Waals surface area (Å²) in [6, 6.07) is 16.2. The van der Waals surface area contributed by atoms with Gasteiger partial charge in [0.2, 0.25) is 5.91 Å². The minimum Gasteiger partial charge on any atom is -0.491 e. The van der Waals surface area contributed by atoms with Crippen molar-refractivity contribution in [3.63, 3.8) is 0 Å². The van der Waals surface area contributed by atoms with Crippen LogP contribution >= 0.6 is 0 Å². The summed E-state index contributed by atoms with van der Waals surface area (Å²) in [5, 5.41) is 0. The normalized spacial score (nSPS) is 13.2. The van der Waals surface area contributed by atoms with Crippen LogP contribution < -0.4 is 14.5 Å². The molecule has 0 unspecified atom stereocenters. The van der Waals surface area contributed by atoms with E-state index < -0.39 is 5.97 Å². The van der Waals surface area contributed by atoms with E-state index in [4.69, 9.17) is 9.47 Å². The minimum atomic E-state index is -0.650. The summed E-state index contributed by atoms with van der Waals surface area (Å²) < 4.78 is 10.7. The van der Waals surface area contributed by atoms with E-state index in [-0.39, 0.29) is 38.0 Å². The zero-order valence-electron chi connectivity index (χ0n) is 15.7. The van der Waals surface area contributed by atoms with Crippen molar-refractivity contribution in [3.05, 3.63) is 54.6 Å². The number of amides is 2. The average molecular weight is 382 g/mol. The molecule has 2 aromatic rings. The highest BCUT2D eigenvalue weighted by Crippen LogP contribution is 2.30. The number of nitrogens with zero attached hydrogens (tertiary/aromatic N) is 2. The molecule has 0 spiro atoms. The first-order valence-electron chi connectivity index (χ1n) is 9.13. The van der Waals surface area contributed by atoms with Crippen molar-refractivity contribution in [2.24, 2.45) is 0 Å². The summed E-state index contributed by atoms with van der Waals surface area (Å²) in [5.74, 6) is -0.665. The largest absolute Gasteiger partial charge is 0.491 e. The second-order valence-electron chi connectivity index (χ2n) is 6.18. The molecule has 1 aliphatic heterocycles. The topological polar surface area (TPSA) is 76.2 Å². The van der Waals surface area contributed by atoms with E-state index in [9.17, 15) is 14.4 Å². The molecule has 2 aromatic carbocycles. The van der Waals surface area contributed by atoms with Crippen LogP contribution in [0.15, 0.2) is 54.6 Å². The molecule has 0 N–H and O–H groups in total. The summed E-state index contributed by atoms with van der Waals surface area (Å²) in [6.45, 7) is 1.89. The molecule has 28 heavy (non-hydrogen) atoms. The molecule has 0 bridgehead atoms. The first-order chi connectivity index (χ1) is 13.6. The van der Waals surface area contributed by atoms with Gasteiger partial charge in [0.05, 0.1) is 18.7 Å². The van der Waals surface area contributed by atoms with Crippen molar-refractivity contribution in [1.29, 1.82) is 0 Å². The van der Waals surface area contributed by atoms with Crippen LogP contribution in [0.3, 0.4) is 0 Å². The SMILES string of the molecule is CCN(C(=O)COC(=O)CN1C(=O)CCOc2ccccc21)c1ccccc1. The number of fused-ring (bicyclic) bond motifs is 1. The maximum absolute atomic E-state index is 12.4. The number of rotatable bonds is 6. The van der Waals surface area contributed by atoms with Crippen LogP contribution in [0.25, 0.3) is 0 Å². The maximum atomic E-state index is 12.4. The fourth-order valence-corrected chi connectivity index (χ4v) is 3.00. The van der Waals surface area contributed by atoms with Crippen molar-refractivity contribution in [1.82, 2.24) is 0 Å². The Morgan fingerprint density at radius 2 is 1.82 bits per heavy atom. The molecule has 0 saturated carbocycles. The summed E-state index contributed by atoms with van der Waals surface area (Å²) in [4.78, 5) is 40.0. The van der Waals surface area contributed by atoms with Gasteiger partial charge in [0, 0.05) is 12.2 Å². The highest BCUT2D eigenvalue weighted by molar-refractivity contribution is 6.00. The van der Waals surface area contributed by atoms with E-state index in [1.807, 2.05) is 37.3 Å². The number of carbonyl (C=O) groups excluding carboxylic acids is 3. The first kappa shape index (κ1) is 19.4. The Balaban J connectivity index is 1.62. The Labute approximate surface area is 163 Å². The fraction of sp³-hybridized carbons (Fsp3) is 0.286. The predicted octanol–water partition coefficient (Wildman–Crippen LogP) is 2.40. The minimum absolute atomic E-state index is 0.165. The fourth-order valence-electron chi connectivity index (χ4n) is 3.00. The van der Waals surface area contributed by atoms with Crippen LogP contribution in [0.5, 0.6) is 5.75 Å². The van der Waals surface area contributed by atoms with Crippen molar-refractivity contribution >= 4 is 29.2 Å². The monoisotopic (exact) mass is 382 g/mol. The third-order valence-corrected chi connectivity index (χ3v) is 4.36. The molecule has 7 nitrogen and oxygen atoms in total. The number of anilines is 2. The number of benzene rings is 2. The smallest absolute Gasteiger partial charge is 0.326 e. The molecule has 0 saturated heterocycles. The quantitative estimate of drug-likeness (QED) is 0.717. The van der Waals surface area contributed by atoms with Crippen LogP contribution in [0, 0.1) is 0 Å². The van der Waals surface area contributed by atoms with Crippen LogP contribution in [-0.2, 0) is 19.1 Å². The van der Waals surface area contributed by atoms with Crippen molar-refractivity contribution in [3.8, 4) is 5.75 Å². The van der Waals surface area contributed by atoms with Gasteiger partial charge in [-0.3, -0.25) is 19.3 Å². The van der Waals surface area contributed by atoms with E-state index >= 15 is 0 Å². The second kappa shape index (κ2) is 9.03. The molecule has 0 fully saturated rings. The Morgan fingerprint density at radius 3 is 2.57 bits per heavy atom. The average Bonchev–Trinajstić information content (AvgIpc) is 2.87. The summed E-state index contributed by atoms with van der Waals surface area (Å²) >= 11 is 0. The number of likely N-dealkylation sites (N-methyl/N-ethyl adjacent to an activating group) is 1. The molecule has 0 aromatic heterocycles. The number of esters is 1. The first-order valence-corrected chi connectivity index (χ1v) is 9.13. The molecule has 7 heteroatoms. The van der Waals surface area contributed by atoms with Crippen molar-refractivity contribution in [2.45, 2.75) is 13.3 Å². The lowest BCUT2D eigenvalue weighted by molar-refractivity contribution is -0.147. The van der Waals surface area contributed by atoms with Crippen LogP contribution in [0.2, 0.25) is 0 Å². The highest BCUT2D eigenvalue weighted by Gasteiger charge is 2.26. The van der Waals surface area contributed by atoms with Crippen LogP contribution in [0.4, 0.5) is 11.4 Å². The van der Waals surface area contributed by atoms with Gasteiger partial charge < -0.3 is 14.4 Å². The lowest BCUT2D eigenvalue weighted by Gasteiger charge is -2.22. The third-order valence-electron chi connectivity index (χ3n) is 4.36. The summed E-state index contributed by atoms with van der Waals surface area (Å²) in [7, 11) is 0. The van der Waals surface area contributed by atoms with Gasteiger partial charge in [0.1, 0.15) is 12.3 Å². The van der Waals surface area contributed by atoms with Gasteiger partial charge in [-0.25, -0.2) is 0 Å². The van der Waals surface area contributed by atoms with E-state index in [0.717, 1.165) is 5.69 Å². The van der Waals surface area contributed by atoms with Gasteiger partial charge in [-0.1, -0.05) is 30.3 Å². The van der Waals surface area contributed by atoms with Gasteiger partial charge in [0.25, 0.3) is 5.91 Å². The van der Waals surface area contributed by atoms with Gasteiger partial charge in [-0.05, 0) is 31.2 Å². The van der Waals surface area contributed by atoms with E-state index in [0.29, 0.717) is 18.0 Å². The second-order valence-corrected chi connectivity index (χ2v) is 6.18. The Bertz CT molecular complexity index is 853. The number of para-hydroxylation sites is 3. The zero-order valence-corrected chi connectivity index (χ0v) is 15.7. The van der Waals surface area contributed by atoms with E-state index in [1.54, 1.807) is 24.3 Å². The van der Waals surface area contributed by atoms with Gasteiger partial charge in [-0.2, -0.15) is 0 Å². The third kappa shape index (κ3) is 4.49. The van der Waals surface area contributed by atoms with Crippen LogP contribution in [-0.4, -0.2) is 44.1 Å². The zero-order chi connectivity index (χ0) is 19.9. The maximum Gasteiger partial charge on any atom is 0.326 e.